The summed E-state index contributed by atoms with van der Waals surface area (Å²) in [5.74, 6) is 1.64. The molecule has 1 amide bonds. The van der Waals surface area contributed by atoms with Gasteiger partial charge >= 0.3 is 0 Å². The molecule has 0 unspecified atom stereocenters. The number of hydrogen-bond donors (Lipinski definition) is 0. The van der Waals surface area contributed by atoms with Gasteiger partial charge in [0.05, 0.1) is 24.3 Å². The van der Waals surface area contributed by atoms with Crippen molar-refractivity contribution in [1.82, 2.24) is 4.90 Å². The van der Waals surface area contributed by atoms with Crippen molar-refractivity contribution in [2.75, 3.05) is 11.5 Å². The summed E-state index contributed by atoms with van der Waals surface area (Å²) < 4.78 is 35.2. The predicted octanol–water partition coefficient (Wildman–Crippen LogP) is 3.90. The van der Waals surface area contributed by atoms with Crippen LogP contribution in [0.2, 0.25) is 0 Å². The van der Waals surface area contributed by atoms with Gasteiger partial charge in [-0.15, -0.1) is 0 Å². The topological polar surface area (TPSA) is 76.8 Å². The van der Waals surface area contributed by atoms with Crippen LogP contribution >= 0.6 is 0 Å². The van der Waals surface area contributed by atoms with Crippen molar-refractivity contribution in [2.24, 2.45) is 0 Å². The van der Waals surface area contributed by atoms with Crippen LogP contribution in [0.3, 0.4) is 0 Å². The fourth-order valence-electron chi connectivity index (χ4n) is 3.44. The monoisotopic (exact) mass is 411 g/mol. The molecule has 2 aromatic carbocycles. The molecule has 1 fully saturated rings. The first-order valence-electron chi connectivity index (χ1n) is 9.37. The molecule has 1 aliphatic heterocycles. The number of amides is 1. The number of furan rings is 1. The molecule has 0 bridgehead atoms. The van der Waals surface area contributed by atoms with E-state index < -0.39 is 9.84 Å². The van der Waals surface area contributed by atoms with Gasteiger partial charge in [-0.1, -0.05) is 24.3 Å². The molecule has 29 heavy (non-hydrogen) atoms. The molecule has 150 valence electrons. The summed E-state index contributed by atoms with van der Waals surface area (Å²) >= 11 is 0. The van der Waals surface area contributed by atoms with Gasteiger partial charge in [-0.2, -0.15) is 0 Å². The third-order valence-electron chi connectivity index (χ3n) is 4.88. The third kappa shape index (κ3) is 4.68. The standard InChI is InChI=1S/C22H21NO5S/c24-22(17-6-4-9-20(14-17)28-19-7-2-1-3-8-19)23(15-21-10-5-12-27-21)18-11-13-29(25,26)16-18/h1-10,12,14,18H,11,13,15-16H2/t18-/m1/s1. The second-order valence-corrected chi connectivity index (χ2v) is 9.24. The number of carbonyl (C=O) groups is 1. The van der Waals surface area contributed by atoms with Crippen LogP contribution < -0.4 is 4.74 Å². The summed E-state index contributed by atoms with van der Waals surface area (Å²) in [6.45, 7) is 0.218. The number of benzene rings is 2. The van der Waals surface area contributed by atoms with E-state index >= 15 is 0 Å². The highest BCUT2D eigenvalue weighted by Crippen LogP contribution is 2.26. The maximum Gasteiger partial charge on any atom is 0.254 e. The minimum absolute atomic E-state index is 0.0281. The van der Waals surface area contributed by atoms with E-state index in [1.54, 1.807) is 41.3 Å². The quantitative estimate of drug-likeness (QED) is 0.615. The number of hydrogen-bond acceptors (Lipinski definition) is 5. The molecule has 0 saturated carbocycles. The summed E-state index contributed by atoms with van der Waals surface area (Å²) in [4.78, 5) is 14.9. The smallest absolute Gasteiger partial charge is 0.254 e. The normalized spacial score (nSPS) is 17.7. The summed E-state index contributed by atoms with van der Waals surface area (Å²) in [6.07, 6.45) is 1.96. The lowest BCUT2D eigenvalue weighted by Gasteiger charge is -2.27. The van der Waals surface area contributed by atoms with E-state index in [4.69, 9.17) is 9.15 Å². The molecule has 0 N–H and O–H groups in total. The largest absolute Gasteiger partial charge is 0.467 e. The third-order valence-corrected chi connectivity index (χ3v) is 6.63. The van der Waals surface area contributed by atoms with Crippen molar-refractivity contribution < 1.29 is 22.4 Å². The lowest BCUT2D eigenvalue weighted by Crippen LogP contribution is -2.40. The molecule has 4 rings (SSSR count). The highest BCUT2D eigenvalue weighted by Gasteiger charge is 2.35. The van der Waals surface area contributed by atoms with Crippen LogP contribution in [0.25, 0.3) is 0 Å². The first-order valence-corrected chi connectivity index (χ1v) is 11.2. The minimum atomic E-state index is -3.13. The Kier molecular flexibility index (Phi) is 5.40. The summed E-state index contributed by atoms with van der Waals surface area (Å²) in [6, 6.07) is 19.4. The Morgan fingerprint density at radius 1 is 1.03 bits per heavy atom. The summed E-state index contributed by atoms with van der Waals surface area (Å²) in [5, 5.41) is 0. The van der Waals surface area contributed by atoms with Gasteiger partial charge in [0.15, 0.2) is 9.84 Å². The molecule has 7 heteroatoms. The number of rotatable bonds is 6. The average molecular weight is 411 g/mol. The van der Waals surface area contributed by atoms with Gasteiger partial charge in [-0.05, 0) is 48.9 Å². The van der Waals surface area contributed by atoms with Gasteiger partial charge in [0.2, 0.25) is 0 Å². The van der Waals surface area contributed by atoms with E-state index in [-0.39, 0.29) is 30.0 Å². The lowest BCUT2D eigenvalue weighted by molar-refractivity contribution is 0.0666. The van der Waals surface area contributed by atoms with Gasteiger partial charge in [0.25, 0.3) is 5.91 Å². The van der Waals surface area contributed by atoms with Gasteiger partial charge in [0, 0.05) is 11.6 Å². The molecule has 0 aliphatic carbocycles. The Bertz CT molecular complexity index is 1080. The number of ether oxygens (including phenoxy) is 1. The van der Waals surface area contributed by atoms with E-state index in [0.29, 0.717) is 29.2 Å². The zero-order chi connectivity index (χ0) is 20.3. The first-order chi connectivity index (χ1) is 14.0. The molecular weight excluding hydrogens is 390 g/mol. The van der Waals surface area contributed by atoms with E-state index in [2.05, 4.69) is 0 Å². The van der Waals surface area contributed by atoms with E-state index in [0.717, 1.165) is 0 Å². The Hall–Kier alpha value is -3.06. The van der Waals surface area contributed by atoms with Crippen molar-refractivity contribution in [1.29, 1.82) is 0 Å². The highest BCUT2D eigenvalue weighted by molar-refractivity contribution is 7.91. The van der Waals surface area contributed by atoms with Crippen molar-refractivity contribution in [3.8, 4) is 11.5 Å². The van der Waals surface area contributed by atoms with Crippen LogP contribution in [-0.2, 0) is 16.4 Å². The highest BCUT2D eigenvalue weighted by atomic mass is 32.2. The second kappa shape index (κ2) is 8.13. The van der Waals surface area contributed by atoms with E-state index in [1.807, 2.05) is 30.3 Å². The Morgan fingerprint density at radius 2 is 1.83 bits per heavy atom. The fourth-order valence-corrected chi connectivity index (χ4v) is 5.17. The zero-order valence-electron chi connectivity index (χ0n) is 15.7. The van der Waals surface area contributed by atoms with E-state index in [9.17, 15) is 13.2 Å². The van der Waals surface area contributed by atoms with Crippen LogP contribution in [0, 0.1) is 0 Å². The van der Waals surface area contributed by atoms with Crippen LogP contribution in [0.4, 0.5) is 0 Å². The number of carbonyl (C=O) groups excluding carboxylic acids is 1. The lowest BCUT2D eigenvalue weighted by atomic mass is 10.1. The van der Waals surface area contributed by atoms with Crippen molar-refractivity contribution in [2.45, 2.75) is 19.0 Å². The summed E-state index contributed by atoms with van der Waals surface area (Å²) in [7, 11) is -3.13. The Balaban J connectivity index is 1.59. The Morgan fingerprint density at radius 3 is 2.52 bits per heavy atom. The van der Waals surface area contributed by atoms with Crippen molar-refractivity contribution in [3.05, 3.63) is 84.3 Å². The van der Waals surface area contributed by atoms with Crippen LogP contribution in [0.5, 0.6) is 11.5 Å². The van der Waals surface area contributed by atoms with Gasteiger partial charge < -0.3 is 14.1 Å². The molecule has 1 aliphatic rings. The van der Waals surface area contributed by atoms with Gasteiger partial charge in [-0.25, -0.2) is 8.42 Å². The van der Waals surface area contributed by atoms with Crippen LogP contribution in [0.15, 0.2) is 77.4 Å². The molecule has 1 aromatic heterocycles. The van der Waals surface area contributed by atoms with Crippen molar-refractivity contribution >= 4 is 15.7 Å². The predicted molar refractivity (Wildman–Crippen MR) is 109 cm³/mol. The average Bonchev–Trinajstić information content (AvgIpc) is 3.36. The van der Waals surface area contributed by atoms with E-state index in [1.165, 1.54) is 6.26 Å². The second-order valence-electron chi connectivity index (χ2n) is 7.01. The SMILES string of the molecule is O=C(c1cccc(Oc2ccccc2)c1)N(Cc1ccco1)[C@@H]1CCS(=O)(=O)C1. The minimum Gasteiger partial charge on any atom is -0.467 e. The molecular formula is C22H21NO5S. The van der Waals surface area contributed by atoms with Gasteiger partial charge in [0.1, 0.15) is 17.3 Å². The van der Waals surface area contributed by atoms with Crippen LogP contribution in [-0.4, -0.2) is 36.8 Å². The first kappa shape index (κ1) is 19.3. The number of nitrogens with zero attached hydrogens (tertiary/aromatic N) is 1. The molecule has 0 radical (unpaired) electrons. The molecule has 1 atom stereocenters. The zero-order valence-corrected chi connectivity index (χ0v) is 16.5. The molecule has 2 heterocycles. The fraction of sp³-hybridized carbons (Fsp3) is 0.227. The number of sulfone groups is 1. The number of para-hydroxylation sites is 1. The maximum absolute atomic E-state index is 13.3. The molecule has 1 saturated heterocycles. The molecule has 0 spiro atoms. The van der Waals surface area contributed by atoms with Crippen LogP contribution in [0.1, 0.15) is 22.5 Å². The maximum atomic E-state index is 13.3. The van der Waals surface area contributed by atoms with Crippen molar-refractivity contribution in [3.63, 3.8) is 0 Å². The molecule has 6 nitrogen and oxygen atoms in total. The molecule has 3 aromatic rings. The van der Waals surface area contributed by atoms with Gasteiger partial charge in [-0.3, -0.25) is 4.79 Å². The Labute approximate surface area is 169 Å². The summed E-state index contributed by atoms with van der Waals surface area (Å²) in [5.41, 5.74) is 0.439.